The fourth-order valence-electron chi connectivity index (χ4n) is 1.96. The molecule has 0 amide bonds. The molecule has 2 heterocycles. The van der Waals surface area contributed by atoms with Crippen molar-refractivity contribution >= 4 is 34.7 Å². The average Bonchev–Trinajstić information content (AvgIpc) is 3.22. The maximum absolute atomic E-state index is 12.3. The fraction of sp³-hybridized carbons (Fsp3) is 0.125. The minimum absolute atomic E-state index is 0.0761. The first kappa shape index (κ1) is 15.5. The minimum atomic E-state index is -0.0761. The van der Waals surface area contributed by atoms with E-state index in [1.54, 1.807) is 18.6 Å². The Labute approximate surface area is 141 Å². The van der Waals surface area contributed by atoms with Crippen LogP contribution in [0, 0.1) is 6.92 Å². The molecule has 3 rings (SSSR count). The van der Waals surface area contributed by atoms with E-state index < -0.39 is 0 Å². The van der Waals surface area contributed by atoms with Crippen LogP contribution in [0.15, 0.2) is 35.7 Å². The topological polar surface area (TPSA) is 65.0 Å². The van der Waals surface area contributed by atoms with Gasteiger partial charge in [-0.25, -0.2) is 4.98 Å². The van der Waals surface area contributed by atoms with E-state index in [-0.39, 0.29) is 5.78 Å². The van der Waals surface area contributed by atoms with Gasteiger partial charge in [0.2, 0.25) is 0 Å². The van der Waals surface area contributed by atoms with Crippen LogP contribution >= 0.6 is 22.9 Å². The summed E-state index contributed by atoms with van der Waals surface area (Å²) >= 11 is 2.64. The molecule has 0 spiro atoms. The highest BCUT2D eigenvalue weighted by molar-refractivity contribution is 7.17. The van der Waals surface area contributed by atoms with Crippen LogP contribution in [0.4, 0.5) is 0 Å². The van der Waals surface area contributed by atoms with Gasteiger partial charge in [-0.2, -0.15) is 0 Å². The number of methoxy groups -OCH3 is 1. The van der Waals surface area contributed by atoms with Gasteiger partial charge in [0.05, 0.1) is 23.4 Å². The van der Waals surface area contributed by atoms with Crippen molar-refractivity contribution in [3.05, 3.63) is 52.0 Å². The Morgan fingerprint density at radius 1 is 1.26 bits per heavy atom. The van der Waals surface area contributed by atoms with E-state index in [2.05, 4.69) is 14.6 Å². The molecule has 0 aliphatic carbocycles. The van der Waals surface area contributed by atoms with E-state index in [0.717, 1.165) is 22.0 Å². The van der Waals surface area contributed by atoms with E-state index in [0.29, 0.717) is 10.6 Å². The quantitative estimate of drug-likeness (QED) is 0.520. The van der Waals surface area contributed by atoms with Gasteiger partial charge in [-0.1, -0.05) is 4.49 Å². The number of thiazole rings is 1. The van der Waals surface area contributed by atoms with Gasteiger partial charge in [0.25, 0.3) is 0 Å². The Balaban J connectivity index is 1.83. The summed E-state index contributed by atoms with van der Waals surface area (Å²) in [5.41, 5.74) is 2.37. The van der Waals surface area contributed by atoms with Crippen molar-refractivity contribution in [2.75, 3.05) is 7.11 Å². The van der Waals surface area contributed by atoms with Crippen molar-refractivity contribution in [3.63, 3.8) is 0 Å². The van der Waals surface area contributed by atoms with Crippen molar-refractivity contribution in [1.29, 1.82) is 0 Å². The molecule has 3 aromatic rings. The second-order valence-electron chi connectivity index (χ2n) is 4.69. The normalized spacial score (nSPS) is 11.0. The molecule has 0 aliphatic rings. The number of hydrogen-bond donors (Lipinski definition) is 0. The standard InChI is InChI=1S/C16H13N3O2S2/c1-10-15(14(20)8-5-12-9-22-19-18-12)23-16(17-10)11-3-6-13(21-2)7-4-11/h3-9H,1-2H3/b8-5+. The Morgan fingerprint density at radius 3 is 2.70 bits per heavy atom. The Morgan fingerprint density at radius 2 is 2.04 bits per heavy atom. The van der Waals surface area contributed by atoms with E-state index >= 15 is 0 Å². The first-order valence-electron chi connectivity index (χ1n) is 6.78. The van der Waals surface area contributed by atoms with Crippen molar-refractivity contribution < 1.29 is 9.53 Å². The summed E-state index contributed by atoms with van der Waals surface area (Å²) in [6.07, 6.45) is 3.17. The van der Waals surface area contributed by atoms with Crippen molar-refractivity contribution in [1.82, 2.24) is 14.6 Å². The summed E-state index contributed by atoms with van der Waals surface area (Å²) in [5.74, 6) is 0.714. The van der Waals surface area contributed by atoms with Gasteiger partial charge in [0.15, 0.2) is 5.78 Å². The molecule has 0 unspecified atom stereocenters. The van der Waals surface area contributed by atoms with E-state index in [1.165, 1.54) is 28.9 Å². The fourth-order valence-corrected chi connectivity index (χ4v) is 3.38. The van der Waals surface area contributed by atoms with Crippen molar-refractivity contribution in [2.45, 2.75) is 6.92 Å². The Hall–Kier alpha value is -2.38. The maximum atomic E-state index is 12.3. The van der Waals surface area contributed by atoms with Crippen LogP contribution < -0.4 is 4.74 Å². The molecular weight excluding hydrogens is 330 g/mol. The summed E-state index contributed by atoms with van der Waals surface area (Å²) in [7, 11) is 1.63. The Bertz CT molecular complexity index is 837. The van der Waals surface area contributed by atoms with Crippen LogP contribution in [0.25, 0.3) is 16.6 Å². The molecule has 1 aromatic carbocycles. The number of benzene rings is 1. The van der Waals surface area contributed by atoms with Gasteiger partial charge in [-0.15, -0.1) is 16.4 Å². The lowest BCUT2D eigenvalue weighted by atomic mass is 10.2. The monoisotopic (exact) mass is 343 g/mol. The Kier molecular flexibility index (Phi) is 4.59. The molecule has 0 radical (unpaired) electrons. The molecule has 0 atom stereocenters. The minimum Gasteiger partial charge on any atom is -0.497 e. The third-order valence-corrected chi connectivity index (χ3v) is 4.88. The number of aromatic nitrogens is 3. The van der Waals surface area contributed by atoms with Gasteiger partial charge in [0.1, 0.15) is 10.8 Å². The summed E-state index contributed by atoms with van der Waals surface area (Å²) in [5, 5.41) is 6.48. The first-order chi connectivity index (χ1) is 11.2. The highest BCUT2D eigenvalue weighted by Gasteiger charge is 2.14. The number of ketones is 1. The lowest BCUT2D eigenvalue weighted by Gasteiger charge is -1.99. The molecule has 23 heavy (non-hydrogen) atoms. The molecule has 0 N–H and O–H groups in total. The van der Waals surface area contributed by atoms with Gasteiger partial charge < -0.3 is 4.74 Å². The smallest absolute Gasteiger partial charge is 0.197 e. The lowest BCUT2D eigenvalue weighted by molar-refractivity contribution is 0.105. The maximum Gasteiger partial charge on any atom is 0.197 e. The van der Waals surface area contributed by atoms with Crippen LogP contribution in [0.2, 0.25) is 0 Å². The number of hydrogen-bond acceptors (Lipinski definition) is 7. The molecule has 2 aromatic heterocycles. The third-order valence-electron chi connectivity index (χ3n) is 3.14. The van der Waals surface area contributed by atoms with Gasteiger partial charge in [-0.05, 0) is 54.9 Å². The van der Waals surface area contributed by atoms with Crippen LogP contribution in [0.1, 0.15) is 21.1 Å². The lowest BCUT2D eigenvalue weighted by Crippen LogP contribution is -1.93. The summed E-state index contributed by atoms with van der Waals surface area (Å²) in [6.45, 7) is 1.84. The van der Waals surface area contributed by atoms with E-state index in [1.807, 2.05) is 31.2 Å². The first-order valence-corrected chi connectivity index (χ1v) is 8.44. The molecule has 5 nitrogen and oxygen atoms in total. The van der Waals surface area contributed by atoms with E-state index in [4.69, 9.17) is 4.74 Å². The van der Waals surface area contributed by atoms with Crippen LogP contribution in [-0.4, -0.2) is 27.5 Å². The molecule has 0 aliphatic heterocycles. The molecule has 0 saturated heterocycles. The highest BCUT2D eigenvalue weighted by Crippen LogP contribution is 2.29. The number of nitrogens with zero attached hydrogens (tertiary/aromatic N) is 3. The van der Waals surface area contributed by atoms with Crippen LogP contribution in [0.5, 0.6) is 5.75 Å². The highest BCUT2D eigenvalue weighted by atomic mass is 32.1. The predicted octanol–water partition coefficient (Wildman–Crippen LogP) is 3.87. The molecule has 7 heteroatoms. The van der Waals surface area contributed by atoms with Crippen molar-refractivity contribution in [3.8, 4) is 16.3 Å². The second kappa shape index (κ2) is 6.80. The number of carbonyl (C=O) groups is 1. The predicted molar refractivity (Wildman–Crippen MR) is 92.1 cm³/mol. The zero-order valence-corrected chi connectivity index (χ0v) is 14.1. The number of allylic oxidation sites excluding steroid dienone is 1. The van der Waals surface area contributed by atoms with Crippen LogP contribution in [0.3, 0.4) is 0 Å². The van der Waals surface area contributed by atoms with Gasteiger partial charge >= 0.3 is 0 Å². The summed E-state index contributed by atoms with van der Waals surface area (Å²) in [6, 6.07) is 7.62. The molecule has 0 saturated carbocycles. The molecule has 116 valence electrons. The van der Waals surface area contributed by atoms with Gasteiger partial charge in [0, 0.05) is 10.9 Å². The second-order valence-corrected chi connectivity index (χ2v) is 6.30. The van der Waals surface area contributed by atoms with E-state index in [9.17, 15) is 4.79 Å². The molecular formula is C16H13N3O2S2. The third kappa shape index (κ3) is 3.52. The molecule has 0 fully saturated rings. The largest absolute Gasteiger partial charge is 0.497 e. The number of carbonyl (C=O) groups excluding carboxylic acids is 1. The molecule has 0 bridgehead atoms. The zero-order chi connectivity index (χ0) is 16.2. The van der Waals surface area contributed by atoms with Crippen LogP contribution in [-0.2, 0) is 0 Å². The van der Waals surface area contributed by atoms with Crippen molar-refractivity contribution in [2.24, 2.45) is 0 Å². The number of rotatable bonds is 5. The SMILES string of the molecule is COc1ccc(-c2nc(C)c(C(=O)/C=C/c3csnn3)s2)cc1. The summed E-state index contributed by atoms with van der Waals surface area (Å²) in [4.78, 5) is 17.5. The number of aryl methyl sites for hydroxylation is 1. The zero-order valence-electron chi connectivity index (χ0n) is 12.5. The van der Waals surface area contributed by atoms with Gasteiger partial charge in [-0.3, -0.25) is 4.79 Å². The average molecular weight is 343 g/mol. The number of ether oxygens (including phenoxy) is 1. The summed E-state index contributed by atoms with van der Waals surface area (Å²) < 4.78 is 8.91.